The topological polar surface area (TPSA) is 84.0 Å². The number of likely N-dealkylation sites (N-methyl/N-ethyl adjacent to an activating group) is 1. The van der Waals surface area contributed by atoms with E-state index in [1.54, 1.807) is 24.3 Å². The van der Waals surface area contributed by atoms with E-state index in [1.807, 2.05) is 0 Å². The highest BCUT2D eigenvalue weighted by molar-refractivity contribution is 6.22. The summed E-state index contributed by atoms with van der Waals surface area (Å²) in [5.74, 6) is -2.86. The van der Waals surface area contributed by atoms with Gasteiger partial charge in [-0.1, -0.05) is 24.3 Å². The number of fused-ring (bicyclic) bond motifs is 1. The molecule has 1 heterocycles. The summed E-state index contributed by atoms with van der Waals surface area (Å²) in [4.78, 5) is 51.5. The van der Waals surface area contributed by atoms with Gasteiger partial charge >= 0.3 is 5.97 Å². The number of benzene rings is 2. The largest absolute Gasteiger partial charge is 0.454 e. The normalized spacial score (nSPS) is 13.8. The van der Waals surface area contributed by atoms with Crippen molar-refractivity contribution in [2.24, 2.45) is 0 Å². The molecule has 150 valence electrons. The first-order valence-corrected chi connectivity index (χ1v) is 8.91. The van der Waals surface area contributed by atoms with Gasteiger partial charge in [0.15, 0.2) is 6.61 Å². The van der Waals surface area contributed by atoms with Gasteiger partial charge in [-0.3, -0.25) is 19.3 Å². The Labute approximate surface area is 166 Å². The van der Waals surface area contributed by atoms with Crippen LogP contribution in [0.4, 0.5) is 4.39 Å². The molecule has 0 spiro atoms. The van der Waals surface area contributed by atoms with Crippen LogP contribution in [-0.2, 0) is 20.9 Å². The van der Waals surface area contributed by atoms with Gasteiger partial charge in [-0.15, -0.1) is 0 Å². The second-order valence-corrected chi connectivity index (χ2v) is 6.69. The van der Waals surface area contributed by atoms with Crippen molar-refractivity contribution in [2.45, 2.75) is 19.5 Å². The van der Waals surface area contributed by atoms with Crippen molar-refractivity contribution in [3.05, 3.63) is 71.0 Å². The molecular formula is C21H19FN2O5. The summed E-state index contributed by atoms with van der Waals surface area (Å²) in [5.41, 5.74) is 1.17. The molecule has 3 amide bonds. The molecule has 2 aromatic rings. The van der Waals surface area contributed by atoms with Crippen molar-refractivity contribution in [1.82, 2.24) is 9.80 Å². The van der Waals surface area contributed by atoms with E-state index in [1.165, 1.54) is 43.1 Å². The SMILES string of the molecule is C[C@@H](C(=O)OCC(=O)N(C)Cc1ccc(F)cc1)N1C(=O)c2ccccc2C1=O. The number of imide groups is 1. The molecule has 0 aromatic heterocycles. The van der Waals surface area contributed by atoms with Crippen molar-refractivity contribution in [3.8, 4) is 0 Å². The van der Waals surface area contributed by atoms with Crippen LogP contribution in [0.1, 0.15) is 33.2 Å². The summed E-state index contributed by atoms with van der Waals surface area (Å²) in [6.07, 6.45) is 0. The highest BCUT2D eigenvalue weighted by Gasteiger charge is 2.41. The zero-order valence-electron chi connectivity index (χ0n) is 15.9. The zero-order valence-corrected chi connectivity index (χ0v) is 15.9. The van der Waals surface area contributed by atoms with Crippen molar-refractivity contribution < 1.29 is 28.3 Å². The second kappa shape index (κ2) is 8.22. The third-order valence-electron chi connectivity index (χ3n) is 4.65. The molecule has 0 saturated carbocycles. The van der Waals surface area contributed by atoms with Gasteiger partial charge in [0.2, 0.25) is 0 Å². The first-order chi connectivity index (χ1) is 13.8. The fraction of sp³-hybridized carbons (Fsp3) is 0.238. The van der Waals surface area contributed by atoms with Gasteiger partial charge in [-0.05, 0) is 36.8 Å². The Balaban J connectivity index is 1.56. The lowest BCUT2D eigenvalue weighted by Crippen LogP contribution is -2.44. The molecule has 0 fully saturated rings. The standard InChI is InChI=1S/C21H19FN2O5/c1-13(24-19(26)16-5-3-4-6-17(16)20(24)27)21(28)29-12-18(25)23(2)11-14-7-9-15(22)10-8-14/h3-10,13H,11-12H2,1-2H3/t13-/m0/s1. The molecular weight excluding hydrogens is 379 g/mol. The Hall–Kier alpha value is -3.55. The van der Waals surface area contributed by atoms with Crippen molar-refractivity contribution >= 4 is 23.7 Å². The molecule has 0 radical (unpaired) electrons. The molecule has 0 bridgehead atoms. The Kier molecular flexibility index (Phi) is 5.72. The van der Waals surface area contributed by atoms with Gasteiger partial charge in [0, 0.05) is 13.6 Å². The summed E-state index contributed by atoms with van der Waals surface area (Å²) in [5, 5.41) is 0. The molecule has 0 saturated heterocycles. The maximum absolute atomic E-state index is 12.9. The molecule has 3 rings (SSSR count). The Morgan fingerprint density at radius 3 is 2.14 bits per heavy atom. The number of carbonyl (C=O) groups excluding carboxylic acids is 4. The highest BCUT2D eigenvalue weighted by Crippen LogP contribution is 2.24. The van der Waals surface area contributed by atoms with Gasteiger partial charge in [0.05, 0.1) is 11.1 Å². The van der Waals surface area contributed by atoms with Crippen LogP contribution >= 0.6 is 0 Å². The van der Waals surface area contributed by atoms with Gasteiger partial charge in [0.1, 0.15) is 11.9 Å². The molecule has 0 N–H and O–H groups in total. The summed E-state index contributed by atoms with van der Waals surface area (Å²) in [7, 11) is 1.52. The minimum Gasteiger partial charge on any atom is -0.454 e. The number of esters is 1. The average molecular weight is 398 g/mol. The average Bonchev–Trinajstić information content (AvgIpc) is 2.97. The van der Waals surface area contributed by atoms with Crippen molar-refractivity contribution in [2.75, 3.05) is 13.7 Å². The summed E-state index contributed by atoms with van der Waals surface area (Å²) < 4.78 is 18.0. The third-order valence-corrected chi connectivity index (χ3v) is 4.65. The van der Waals surface area contributed by atoms with Crippen LogP contribution in [0.5, 0.6) is 0 Å². The van der Waals surface area contributed by atoms with Crippen LogP contribution in [-0.4, -0.2) is 53.2 Å². The van der Waals surface area contributed by atoms with Gasteiger partial charge in [-0.25, -0.2) is 9.18 Å². The fourth-order valence-electron chi connectivity index (χ4n) is 2.98. The number of rotatable bonds is 6. The van der Waals surface area contributed by atoms with E-state index in [9.17, 15) is 23.6 Å². The molecule has 1 aliphatic heterocycles. The number of ether oxygens (including phenoxy) is 1. The van der Waals surface area contributed by atoms with E-state index in [0.717, 1.165) is 4.90 Å². The summed E-state index contributed by atoms with van der Waals surface area (Å²) >= 11 is 0. The number of hydrogen-bond donors (Lipinski definition) is 0. The summed E-state index contributed by atoms with van der Waals surface area (Å²) in [6, 6.07) is 10.8. The maximum atomic E-state index is 12.9. The molecule has 8 heteroatoms. The molecule has 7 nitrogen and oxygen atoms in total. The van der Waals surface area contributed by atoms with E-state index in [2.05, 4.69) is 0 Å². The number of carbonyl (C=O) groups is 4. The number of hydrogen-bond acceptors (Lipinski definition) is 5. The molecule has 1 atom stereocenters. The number of halogens is 1. The smallest absolute Gasteiger partial charge is 0.329 e. The minimum absolute atomic E-state index is 0.213. The predicted octanol–water partition coefficient (Wildman–Crippen LogP) is 2.01. The predicted molar refractivity (Wildman–Crippen MR) is 100 cm³/mol. The van der Waals surface area contributed by atoms with Crippen LogP contribution in [0, 0.1) is 5.82 Å². The van der Waals surface area contributed by atoms with Gasteiger partial charge in [0.25, 0.3) is 17.7 Å². The lowest BCUT2D eigenvalue weighted by atomic mass is 10.1. The van der Waals surface area contributed by atoms with E-state index in [4.69, 9.17) is 4.74 Å². The Bertz CT molecular complexity index is 938. The molecule has 0 unspecified atom stereocenters. The summed E-state index contributed by atoms with van der Waals surface area (Å²) in [6.45, 7) is 1.05. The molecule has 29 heavy (non-hydrogen) atoms. The van der Waals surface area contributed by atoms with Crippen LogP contribution < -0.4 is 0 Å². The van der Waals surface area contributed by atoms with Gasteiger partial charge in [-0.2, -0.15) is 0 Å². The third kappa shape index (κ3) is 4.16. The Morgan fingerprint density at radius 2 is 1.59 bits per heavy atom. The fourth-order valence-corrected chi connectivity index (χ4v) is 2.98. The maximum Gasteiger partial charge on any atom is 0.329 e. The number of amides is 3. The monoisotopic (exact) mass is 398 g/mol. The first-order valence-electron chi connectivity index (χ1n) is 8.91. The lowest BCUT2D eigenvalue weighted by Gasteiger charge is -2.22. The highest BCUT2D eigenvalue weighted by atomic mass is 19.1. The van der Waals surface area contributed by atoms with Crippen LogP contribution in [0.25, 0.3) is 0 Å². The molecule has 1 aliphatic rings. The van der Waals surface area contributed by atoms with Crippen LogP contribution in [0.3, 0.4) is 0 Å². The second-order valence-electron chi connectivity index (χ2n) is 6.69. The first kappa shape index (κ1) is 20.2. The lowest BCUT2D eigenvalue weighted by molar-refractivity contribution is -0.154. The van der Waals surface area contributed by atoms with E-state index >= 15 is 0 Å². The molecule has 2 aromatic carbocycles. The minimum atomic E-state index is -1.17. The number of nitrogens with zero attached hydrogens (tertiary/aromatic N) is 2. The van der Waals surface area contributed by atoms with E-state index in [0.29, 0.717) is 5.56 Å². The molecule has 0 aliphatic carbocycles. The van der Waals surface area contributed by atoms with Gasteiger partial charge < -0.3 is 9.64 Å². The Morgan fingerprint density at radius 1 is 1.03 bits per heavy atom. The van der Waals surface area contributed by atoms with Crippen LogP contribution in [0.15, 0.2) is 48.5 Å². The quantitative estimate of drug-likeness (QED) is 0.549. The van der Waals surface area contributed by atoms with Crippen molar-refractivity contribution in [1.29, 1.82) is 0 Å². The van der Waals surface area contributed by atoms with E-state index in [-0.39, 0.29) is 23.5 Å². The van der Waals surface area contributed by atoms with Crippen LogP contribution in [0.2, 0.25) is 0 Å². The van der Waals surface area contributed by atoms with Crippen molar-refractivity contribution in [3.63, 3.8) is 0 Å². The van der Waals surface area contributed by atoms with E-state index < -0.39 is 36.3 Å². The zero-order chi connectivity index (χ0) is 21.1.